The number of benzene rings is 3. The second kappa shape index (κ2) is 13.0. The normalized spacial score (nSPS) is 14.2. The first kappa shape index (κ1) is 29.0. The van der Waals surface area contributed by atoms with E-state index in [0.717, 1.165) is 11.1 Å². The molecule has 0 atom stereocenters. The largest absolute Gasteiger partial charge is 0.353 e. The summed E-state index contributed by atoms with van der Waals surface area (Å²) in [7, 11) is -3.95. The van der Waals surface area contributed by atoms with E-state index < -0.39 is 10.0 Å². The zero-order valence-corrected chi connectivity index (χ0v) is 24.6. The molecule has 0 bridgehead atoms. The van der Waals surface area contributed by atoms with Gasteiger partial charge in [-0.25, -0.2) is 8.42 Å². The minimum atomic E-state index is -3.95. The molecule has 1 saturated heterocycles. The molecule has 0 saturated carbocycles. The minimum absolute atomic E-state index is 0.0743. The van der Waals surface area contributed by atoms with Crippen LogP contribution in [0.3, 0.4) is 0 Å². The van der Waals surface area contributed by atoms with Crippen LogP contribution in [0.5, 0.6) is 0 Å². The molecule has 0 unspecified atom stereocenters. The lowest BCUT2D eigenvalue weighted by atomic mass is 10.1. The van der Waals surface area contributed by atoms with Crippen LogP contribution >= 0.6 is 23.2 Å². The summed E-state index contributed by atoms with van der Waals surface area (Å²) in [4.78, 5) is 17.4. The zero-order valence-electron chi connectivity index (χ0n) is 22.2. The summed E-state index contributed by atoms with van der Waals surface area (Å²) in [5.41, 5.74) is 2.29. The average Bonchev–Trinajstić information content (AvgIpc) is 3.25. The van der Waals surface area contributed by atoms with Crippen molar-refractivity contribution in [2.75, 3.05) is 37.6 Å². The molecule has 0 radical (unpaired) electrons. The first-order valence-electron chi connectivity index (χ1n) is 13.2. The first-order chi connectivity index (χ1) is 19.8. The van der Waals surface area contributed by atoms with E-state index in [4.69, 9.17) is 23.2 Å². The van der Waals surface area contributed by atoms with Gasteiger partial charge in [0, 0.05) is 43.3 Å². The quantitative estimate of drug-likeness (QED) is 0.266. The Kier molecular flexibility index (Phi) is 9.19. The van der Waals surface area contributed by atoms with Crippen LogP contribution in [0.2, 0.25) is 10.0 Å². The maximum absolute atomic E-state index is 13.6. The Morgan fingerprint density at radius 3 is 2.24 bits per heavy atom. The average molecular weight is 611 g/mol. The van der Waals surface area contributed by atoms with Crippen LogP contribution in [-0.2, 0) is 21.4 Å². The van der Waals surface area contributed by atoms with Crippen molar-refractivity contribution in [2.24, 2.45) is 0 Å². The van der Waals surface area contributed by atoms with Crippen molar-refractivity contribution in [1.29, 1.82) is 0 Å². The smallest absolute Gasteiger partial charge is 0.243 e. The molecule has 3 aromatic carbocycles. The van der Waals surface area contributed by atoms with Gasteiger partial charge in [0.25, 0.3) is 0 Å². The molecule has 11 heteroatoms. The lowest BCUT2D eigenvalue weighted by molar-refractivity contribution is -0.131. The Morgan fingerprint density at radius 1 is 0.805 bits per heavy atom. The molecular weight excluding hydrogens is 581 g/mol. The second-order valence-corrected chi connectivity index (χ2v) is 12.5. The van der Waals surface area contributed by atoms with Crippen molar-refractivity contribution in [3.63, 3.8) is 0 Å². The van der Waals surface area contributed by atoms with Crippen LogP contribution in [0, 0.1) is 0 Å². The molecule has 1 amide bonds. The van der Waals surface area contributed by atoms with Crippen molar-refractivity contribution in [3.05, 3.63) is 107 Å². The van der Waals surface area contributed by atoms with Gasteiger partial charge in [0.1, 0.15) is 0 Å². The summed E-state index contributed by atoms with van der Waals surface area (Å²) in [6.45, 7) is 2.00. The molecule has 0 spiro atoms. The third-order valence-corrected chi connectivity index (χ3v) is 9.33. The molecule has 1 aliphatic heterocycles. The number of sulfonamides is 1. The van der Waals surface area contributed by atoms with Crippen LogP contribution in [0.1, 0.15) is 12.0 Å². The molecule has 212 valence electrons. The van der Waals surface area contributed by atoms with E-state index in [9.17, 15) is 13.2 Å². The molecule has 1 aliphatic rings. The number of anilines is 1. The molecule has 1 aromatic heterocycles. The van der Waals surface area contributed by atoms with Crippen LogP contribution in [0.4, 0.5) is 5.82 Å². The predicted molar refractivity (Wildman–Crippen MR) is 161 cm³/mol. The van der Waals surface area contributed by atoms with Gasteiger partial charge >= 0.3 is 0 Å². The molecule has 1 fully saturated rings. The second-order valence-electron chi connectivity index (χ2n) is 9.69. The van der Waals surface area contributed by atoms with Gasteiger partial charge in [0.2, 0.25) is 15.9 Å². The number of carbonyl (C=O) groups excluding carboxylic acids is 1. The van der Waals surface area contributed by atoms with Crippen molar-refractivity contribution < 1.29 is 13.2 Å². The third kappa shape index (κ3) is 7.05. The molecule has 2 heterocycles. The molecule has 8 nitrogen and oxygen atoms in total. The molecule has 0 N–H and O–H groups in total. The number of amides is 1. The third-order valence-electron chi connectivity index (χ3n) is 6.94. The number of rotatable bonds is 8. The summed E-state index contributed by atoms with van der Waals surface area (Å²) in [6, 6.07) is 26.5. The number of nitrogens with zero attached hydrogens (tertiary/aromatic N) is 5. The molecule has 0 aliphatic carbocycles. The van der Waals surface area contributed by atoms with Gasteiger partial charge in [-0.1, -0.05) is 71.7 Å². The highest BCUT2D eigenvalue weighted by atomic mass is 35.5. The van der Waals surface area contributed by atoms with Gasteiger partial charge in [0.05, 0.1) is 22.2 Å². The fraction of sp³-hybridized carbons (Fsp3) is 0.233. The Hall–Kier alpha value is -3.50. The monoisotopic (exact) mass is 609 g/mol. The summed E-state index contributed by atoms with van der Waals surface area (Å²) in [5, 5.41) is 9.83. The lowest BCUT2D eigenvalue weighted by Crippen LogP contribution is -2.44. The van der Waals surface area contributed by atoms with Gasteiger partial charge < -0.3 is 9.80 Å². The molecular formula is C30H29Cl2N5O3S. The topological polar surface area (TPSA) is 86.7 Å². The Balaban J connectivity index is 1.28. The highest BCUT2D eigenvalue weighted by molar-refractivity contribution is 7.89. The number of carbonyl (C=O) groups is 1. The van der Waals surface area contributed by atoms with E-state index in [2.05, 4.69) is 15.1 Å². The van der Waals surface area contributed by atoms with Crippen LogP contribution in [0.15, 0.2) is 95.9 Å². The number of hydrogen-bond acceptors (Lipinski definition) is 6. The van der Waals surface area contributed by atoms with E-state index in [1.54, 1.807) is 4.90 Å². The van der Waals surface area contributed by atoms with Crippen LogP contribution in [-0.4, -0.2) is 66.5 Å². The minimum Gasteiger partial charge on any atom is -0.353 e. The molecule has 5 rings (SSSR count). The summed E-state index contributed by atoms with van der Waals surface area (Å²) in [5.74, 6) is 0.464. The Labute approximate surface area is 250 Å². The zero-order chi connectivity index (χ0) is 28.8. The molecule has 41 heavy (non-hydrogen) atoms. The SMILES string of the molecule is O=C(CN(Cc1ccccc1)S(=O)(=O)c1ccc(Cl)cc1)N1CCCN(c2ccc(-c3ccccc3Cl)nn2)CC1. The molecule has 4 aromatic rings. The van der Waals surface area contributed by atoms with E-state index in [0.29, 0.717) is 54.2 Å². The maximum atomic E-state index is 13.6. The Bertz CT molecular complexity index is 1590. The fourth-order valence-electron chi connectivity index (χ4n) is 4.72. The summed E-state index contributed by atoms with van der Waals surface area (Å²) < 4.78 is 28.4. The lowest BCUT2D eigenvalue weighted by Gasteiger charge is -2.27. The maximum Gasteiger partial charge on any atom is 0.243 e. The van der Waals surface area contributed by atoms with Crippen LogP contribution in [0.25, 0.3) is 11.3 Å². The van der Waals surface area contributed by atoms with Crippen LogP contribution < -0.4 is 4.90 Å². The van der Waals surface area contributed by atoms with E-state index in [1.165, 1.54) is 28.6 Å². The van der Waals surface area contributed by atoms with E-state index in [1.807, 2.05) is 66.7 Å². The van der Waals surface area contributed by atoms with Crippen molar-refractivity contribution in [2.45, 2.75) is 17.9 Å². The summed E-state index contributed by atoms with van der Waals surface area (Å²) >= 11 is 12.3. The van der Waals surface area contributed by atoms with Gasteiger partial charge in [-0.2, -0.15) is 4.31 Å². The van der Waals surface area contributed by atoms with Crippen molar-refractivity contribution >= 4 is 45.0 Å². The predicted octanol–water partition coefficient (Wildman–Crippen LogP) is 5.38. The van der Waals surface area contributed by atoms with Crippen molar-refractivity contribution in [1.82, 2.24) is 19.4 Å². The highest BCUT2D eigenvalue weighted by Crippen LogP contribution is 2.26. The highest BCUT2D eigenvalue weighted by Gasteiger charge is 2.29. The number of halogens is 2. The van der Waals surface area contributed by atoms with Crippen molar-refractivity contribution in [3.8, 4) is 11.3 Å². The van der Waals surface area contributed by atoms with Gasteiger partial charge in [-0.05, 0) is 54.4 Å². The van der Waals surface area contributed by atoms with Gasteiger partial charge in [0.15, 0.2) is 5.82 Å². The van der Waals surface area contributed by atoms with Gasteiger partial charge in [-0.3, -0.25) is 4.79 Å². The fourth-order valence-corrected chi connectivity index (χ4v) is 6.46. The van der Waals surface area contributed by atoms with E-state index in [-0.39, 0.29) is 23.9 Å². The van der Waals surface area contributed by atoms with Gasteiger partial charge in [-0.15, -0.1) is 10.2 Å². The standard InChI is InChI=1S/C30H29Cl2N5O3S/c31-24-11-13-25(14-12-24)41(39,40)37(21-23-7-2-1-3-8-23)22-30(38)36-18-6-17-35(19-20-36)29-16-15-28(33-34-29)26-9-4-5-10-27(26)32/h1-5,7-16H,6,17-22H2. The summed E-state index contributed by atoms with van der Waals surface area (Å²) in [6.07, 6.45) is 0.711. The number of aromatic nitrogens is 2. The number of hydrogen-bond donors (Lipinski definition) is 0. The Morgan fingerprint density at radius 2 is 1.54 bits per heavy atom. The first-order valence-corrected chi connectivity index (χ1v) is 15.4. The van der Waals surface area contributed by atoms with E-state index >= 15 is 0 Å².